The van der Waals surface area contributed by atoms with Crippen LogP contribution in [0.1, 0.15) is 29.9 Å². The number of nitrogens with zero attached hydrogens (tertiary/aromatic N) is 1. The van der Waals surface area contributed by atoms with Crippen molar-refractivity contribution in [2.75, 3.05) is 19.7 Å². The van der Waals surface area contributed by atoms with Crippen LogP contribution in [0.3, 0.4) is 0 Å². The van der Waals surface area contributed by atoms with Crippen LogP contribution in [0.2, 0.25) is 0 Å². The Kier molecular flexibility index (Phi) is 4.31. The van der Waals surface area contributed by atoms with Crippen molar-refractivity contribution in [3.8, 4) is 11.1 Å². The van der Waals surface area contributed by atoms with Crippen LogP contribution in [0, 0.1) is 5.92 Å². The van der Waals surface area contributed by atoms with Crippen LogP contribution in [0.25, 0.3) is 11.1 Å². The number of hydrogen-bond donors (Lipinski definition) is 0. The average molecular weight is 333 g/mol. The fraction of sp³-hybridized carbons (Fsp3) is 0.318. The Hall–Kier alpha value is -2.55. The minimum Gasteiger partial charge on any atom is -0.448 e. The lowest BCUT2D eigenvalue weighted by Gasteiger charge is -2.30. The van der Waals surface area contributed by atoms with Crippen molar-refractivity contribution in [3.05, 3.63) is 72.3 Å². The zero-order valence-corrected chi connectivity index (χ0v) is 14.4. The van der Waals surface area contributed by atoms with Gasteiger partial charge in [-0.15, -0.1) is 6.58 Å². The van der Waals surface area contributed by atoms with Gasteiger partial charge in [-0.2, -0.15) is 0 Å². The zero-order chi connectivity index (χ0) is 17.2. The molecule has 0 unspecified atom stereocenters. The van der Waals surface area contributed by atoms with Crippen molar-refractivity contribution >= 4 is 6.09 Å². The van der Waals surface area contributed by atoms with Crippen molar-refractivity contribution < 1.29 is 9.53 Å². The highest BCUT2D eigenvalue weighted by Gasteiger charge is 2.30. The van der Waals surface area contributed by atoms with E-state index in [1.165, 1.54) is 22.3 Å². The van der Waals surface area contributed by atoms with Crippen molar-refractivity contribution in [2.45, 2.75) is 18.8 Å². The summed E-state index contributed by atoms with van der Waals surface area (Å²) in [6.45, 7) is 5.75. The summed E-state index contributed by atoms with van der Waals surface area (Å²) in [5.41, 5.74) is 5.01. The van der Waals surface area contributed by atoms with Gasteiger partial charge in [0.15, 0.2) is 0 Å². The molecule has 1 heterocycles. The Morgan fingerprint density at radius 3 is 2.40 bits per heavy atom. The Morgan fingerprint density at radius 2 is 1.76 bits per heavy atom. The predicted molar refractivity (Wildman–Crippen MR) is 99.6 cm³/mol. The lowest BCUT2D eigenvalue weighted by atomic mass is 9.98. The van der Waals surface area contributed by atoms with Crippen LogP contribution >= 0.6 is 0 Å². The number of rotatable bonds is 3. The summed E-state index contributed by atoms with van der Waals surface area (Å²) < 4.78 is 5.72. The Balaban J connectivity index is 1.49. The maximum atomic E-state index is 12.5. The topological polar surface area (TPSA) is 29.5 Å². The Morgan fingerprint density at radius 1 is 1.12 bits per heavy atom. The fourth-order valence-electron chi connectivity index (χ4n) is 4.05. The van der Waals surface area contributed by atoms with E-state index in [0.29, 0.717) is 12.5 Å². The number of carbonyl (C=O) groups is 1. The molecule has 0 saturated carbocycles. The van der Waals surface area contributed by atoms with Crippen LogP contribution in [-0.4, -0.2) is 30.7 Å². The molecule has 4 rings (SSSR count). The van der Waals surface area contributed by atoms with E-state index < -0.39 is 0 Å². The maximum Gasteiger partial charge on any atom is 0.409 e. The lowest BCUT2D eigenvalue weighted by molar-refractivity contribution is 0.0869. The SMILES string of the molecule is C=C[C@H]1CCCN(C(=O)OCC2c3ccccc3-c3ccccc32)C1. The van der Waals surface area contributed by atoms with Crippen molar-refractivity contribution in [2.24, 2.45) is 5.92 Å². The van der Waals surface area contributed by atoms with E-state index in [0.717, 1.165) is 25.9 Å². The molecule has 0 radical (unpaired) electrons. The zero-order valence-electron chi connectivity index (χ0n) is 14.4. The molecule has 3 heteroatoms. The van der Waals surface area contributed by atoms with Gasteiger partial charge in [0, 0.05) is 19.0 Å². The van der Waals surface area contributed by atoms with E-state index in [9.17, 15) is 4.79 Å². The molecule has 3 nitrogen and oxygen atoms in total. The summed E-state index contributed by atoms with van der Waals surface area (Å²) in [6, 6.07) is 16.8. The Bertz CT molecular complexity index is 753. The molecule has 1 aliphatic carbocycles. The molecule has 1 aliphatic heterocycles. The summed E-state index contributed by atoms with van der Waals surface area (Å²) >= 11 is 0. The van der Waals surface area contributed by atoms with E-state index >= 15 is 0 Å². The summed E-state index contributed by atoms with van der Waals surface area (Å²) in [4.78, 5) is 14.3. The minimum atomic E-state index is -0.201. The van der Waals surface area contributed by atoms with Gasteiger partial charge in [0.1, 0.15) is 6.61 Å². The predicted octanol–water partition coefficient (Wildman–Crippen LogP) is 4.83. The number of carbonyl (C=O) groups excluding carboxylic acids is 1. The highest BCUT2D eigenvalue weighted by molar-refractivity contribution is 5.79. The monoisotopic (exact) mass is 333 g/mol. The molecule has 128 valence electrons. The van der Waals surface area contributed by atoms with Gasteiger partial charge in [0.2, 0.25) is 0 Å². The van der Waals surface area contributed by atoms with Gasteiger partial charge in [-0.05, 0) is 41.0 Å². The molecule has 2 aliphatic rings. The first-order valence-electron chi connectivity index (χ1n) is 9.00. The van der Waals surface area contributed by atoms with Crippen molar-refractivity contribution in [1.29, 1.82) is 0 Å². The Labute approximate surface area is 148 Å². The van der Waals surface area contributed by atoms with E-state index in [1.54, 1.807) is 0 Å². The quantitative estimate of drug-likeness (QED) is 0.753. The summed E-state index contributed by atoms with van der Waals surface area (Å²) in [7, 11) is 0. The number of amides is 1. The summed E-state index contributed by atoms with van der Waals surface area (Å²) in [5, 5.41) is 0. The van der Waals surface area contributed by atoms with Gasteiger partial charge in [-0.3, -0.25) is 0 Å². The van der Waals surface area contributed by atoms with E-state index in [2.05, 4.69) is 55.1 Å². The second kappa shape index (κ2) is 6.75. The van der Waals surface area contributed by atoms with Gasteiger partial charge >= 0.3 is 6.09 Å². The third kappa shape index (κ3) is 2.95. The van der Waals surface area contributed by atoms with E-state index in [4.69, 9.17) is 4.74 Å². The van der Waals surface area contributed by atoms with Crippen LogP contribution in [0.15, 0.2) is 61.2 Å². The maximum absolute atomic E-state index is 12.5. The normalized spacial score (nSPS) is 19.2. The minimum absolute atomic E-state index is 0.122. The molecule has 0 N–H and O–H groups in total. The number of likely N-dealkylation sites (tertiary alicyclic amines) is 1. The molecule has 0 bridgehead atoms. The molecule has 2 aromatic carbocycles. The lowest BCUT2D eigenvalue weighted by Crippen LogP contribution is -2.40. The molecule has 1 fully saturated rings. The third-order valence-corrected chi connectivity index (χ3v) is 5.39. The molecular weight excluding hydrogens is 310 g/mol. The third-order valence-electron chi connectivity index (χ3n) is 5.39. The van der Waals surface area contributed by atoms with Gasteiger partial charge in [0.05, 0.1) is 0 Å². The number of hydrogen-bond acceptors (Lipinski definition) is 2. The standard InChI is InChI=1S/C22H23NO2/c1-2-16-8-7-13-23(14-16)22(24)25-15-21-19-11-5-3-9-17(19)18-10-4-6-12-20(18)21/h2-6,9-12,16,21H,1,7-8,13-15H2/t16-/m0/s1. The molecule has 1 saturated heterocycles. The van der Waals surface area contributed by atoms with Gasteiger partial charge in [-0.25, -0.2) is 4.79 Å². The average Bonchev–Trinajstić information content (AvgIpc) is 3.00. The number of piperidine rings is 1. The summed E-state index contributed by atoms with van der Waals surface area (Å²) in [6.07, 6.45) is 3.87. The van der Waals surface area contributed by atoms with Crippen molar-refractivity contribution in [3.63, 3.8) is 0 Å². The molecule has 1 amide bonds. The van der Waals surface area contributed by atoms with Gasteiger partial charge in [0.25, 0.3) is 0 Å². The smallest absolute Gasteiger partial charge is 0.409 e. The summed E-state index contributed by atoms with van der Waals surface area (Å²) in [5.74, 6) is 0.505. The van der Waals surface area contributed by atoms with Crippen LogP contribution in [0.4, 0.5) is 4.79 Å². The largest absolute Gasteiger partial charge is 0.448 e. The molecule has 25 heavy (non-hydrogen) atoms. The molecule has 1 atom stereocenters. The first kappa shape index (κ1) is 15.9. The molecular formula is C22H23NO2. The van der Waals surface area contributed by atoms with Gasteiger partial charge < -0.3 is 9.64 Å². The highest BCUT2D eigenvalue weighted by Crippen LogP contribution is 2.44. The van der Waals surface area contributed by atoms with Crippen LogP contribution in [-0.2, 0) is 4.74 Å². The van der Waals surface area contributed by atoms with E-state index in [1.807, 2.05) is 11.0 Å². The molecule has 0 aromatic heterocycles. The van der Waals surface area contributed by atoms with Crippen molar-refractivity contribution in [1.82, 2.24) is 4.90 Å². The van der Waals surface area contributed by atoms with E-state index in [-0.39, 0.29) is 12.0 Å². The van der Waals surface area contributed by atoms with Crippen LogP contribution < -0.4 is 0 Å². The first-order chi connectivity index (χ1) is 12.3. The second-order valence-electron chi connectivity index (χ2n) is 6.89. The number of fused-ring (bicyclic) bond motifs is 3. The number of ether oxygens (including phenoxy) is 1. The fourth-order valence-corrected chi connectivity index (χ4v) is 4.05. The highest BCUT2D eigenvalue weighted by atomic mass is 16.6. The first-order valence-corrected chi connectivity index (χ1v) is 9.00. The number of benzene rings is 2. The van der Waals surface area contributed by atoms with Crippen LogP contribution in [0.5, 0.6) is 0 Å². The second-order valence-corrected chi connectivity index (χ2v) is 6.89. The molecule has 0 spiro atoms. The van der Waals surface area contributed by atoms with Gasteiger partial charge in [-0.1, -0.05) is 54.6 Å². The molecule has 2 aromatic rings.